The number of aliphatic hydroxyl groups is 16. The van der Waals surface area contributed by atoms with E-state index in [4.69, 9.17) is 24.1 Å². The normalized spacial score (nSPS) is 41.0. The van der Waals surface area contributed by atoms with Gasteiger partial charge in [-0.3, -0.25) is 19.2 Å². The zero-order valence-corrected chi connectivity index (χ0v) is 49.9. The smallest absolute Gasteiger partial charge is 0.223 e. The molecule has 0 aromatic rings. The average molecular weight is 1210 g/mol. The minimum atomic E-state index is -2.04. The van der Waals surface area contributed by atoms with Crippen LogP contribution in [0.3, 0.4) is 0 Å². The Labute approximate surface area is 491 Å². The Morgan fingerprint density at radius 2 is 0.619 bits per heavy atom. The van der Waals surface area contributed by atoms with Gasteiger partial charge in [-0.15, -0.1) is 0 Å². The molecule has 8 rings (SSSR count). The van der Waals surface area contributed by atoms with Crippen LogP contribution in [-0.2, 0) is 38.1 Å². The summed E-state index contributed by atoms with van der Waals surface area (Å²) >= 11 is 0. The molecule has 84 heavy (non-hydrogen) atoms. The summed E-state index contributed by atoms with van der Waals surface area (Å²) in [6.45, 7) is 16.6. The summed E-state index contributed by atoms with van der Waals surface area (Å²) < 4.78 is 20.4. The number of aliphatic hydroxyl groups excluding tert-OH is 12. The molecule has 0 bridgehead atoms. The predicted octanol–water partition coefficient (Wildman–Crippen LogP) is -5.27. The van der Waals surface area contributed by atoms with E-state index in [2.05, 4.69) is 55.4 Å². The standard InChI is InChI=1S/4C14H25NO6/c3*1-8(2)3-9-4-11(17)15(5-9)7-14(20)13(19)12(18)10(16)6-21-14;1-8(2)3-9-4-11(17)15(5-9)7-14(20)13(19)12(18)10(6-16)21-14/h4*8-10,12-13,16,18-20H,3-7H2,1-2H3/t4*9-,10?,12?,13?,14?/m1111/s1. The maximum Gasteiger partial charge on any atom is 0.223 e. The van der Waals surface area contributed by atoms with Crippen molar-refractivity contribution in [3.05, 3.63) is 0 Å². The highest BCUT2D eigenvalue weighted by atomic mass is 16.7. The predicted molar refractivity (Wildman–Crippen MR) is 292 cm³/mol. The molecular weight excluding hydrogens is 1110 g/mol. The van der Waals surface area contributed by atoms with Crippen LogP contribution in [0, 0.1) is 47.3 Å². The highest BCUT2D eigenvalue weighted by molar-refractivity contribution is 5.80. The zero-order valence-electron chi connectivity index (χ0n) is 49.9. The number of ether oxygens (including phenoxy) is 4. The maximum absolute atomic E-state index is 12.0. The molecule has 28 nitrogen and oxygen atoms in total. The molecule has 16 N–H and O–H groups in total. The number of nitrogens with zero attached hydrogens (tertiary/aromatic N) is 4. The van der Waals surface area contributed by atoms with E-state index in [9.17, 15) is 95.8 Å². The molecule has 8 heterocycles. The van der Waals surface area contributed by atoms with Crippen molar-refractivity contribution in [3.8, 4) is 0 Å². The van der Waals surface area contributed by atoms with Crippen molar-refractivity contribution in [1.29, 1.82) is 0 Å². The molecule has 28 heteroatoms. The molecule has 8 saturated heterocycles. The summed E-state index contributed by atoms with van der Waals surface area (Å²) in [5, 5.41) is 157. The maximum atomic E-state index is 12.0. The largest absolute Gasteiger partial charge is 0.394 e. The first-order valence-electron chi connectivity index (χ1n) is 29.6. The number of hydrogen-bond donors (Lipinski definition) is 16. The zero-order chi connectivity index (χ0) is 63.1. The second kappa shape index (κ2) is 30.1. The number of carbonyl (C=O) groups is 4. The van der Waals surface area contributed by atoms with Crippen molar-refractivity contribution in [3.63, 3.8) is 0 Å². The van der Waals surface area contributed by atoms with Crippen LogP contribution in [0.2, 0.25) is 0 Å². The fourth-order valence-corrected chi connectivity index (χ4v) is 12.7. The van der Waals surface area contributed by atoms with E-state index in [0.29, 0.717) is 75.5 Å². The Balaban J connectivity index is 0.000000205. The van der Waals surface area contributed by atoms with Crippen LogP contribution < -0.4 is 0 Å². The first-order valence-corrected chi connectivity index (χ1v) is 29.6. The lowest BCUT2D eigenvalue weighted by Gasteiger charge is -2.43. The second-order valence-corrected chi connectivity index (χ2v) is 26.5. The number of hydrogen-bond acceptors (Lipinski definition) is 24. The number of β-amino-alcohol motifs (C(OH)–C–C–N with tert-alkyl or cyclic N) is 4. The van der Waals surface area contributed by atoms with Gasteiger partial charge >= 0.3 is 0 Å². The molecule has 0 saturated carbocycles. The van der Waals surface area contributed by atoms with E-state index in [1.165, 1.54) is 19.6 Å². The van der Waals surface area contributed by atoms with Crippen molar-refractivity contribution in [1.82, 2.24) is 19.6 Å². The summed E-state index contributed by atoms with van der Waals surface area (Å²) in [5.41, 5.74) is 0. The van der Waals surface area contributed by atoms with Crippen LogP contribution in [0.15, 0.2) is 0 Å². The average Bonchev–Trinajstić information content (AvgIpc) is 2.48. The van der Waals surface area contributed by atoms with Crippen molar-refractivity contribution >= 4 is 23.6 Å². The fraction of sp³-hybridized carbons (Fsp3) is 0.929. The molecule has 4 amide bonds. The third-order valence-corrected chi connectivity index (χ3v) is 16.8. The van der Waals surface area contributed by atoms with Crippen molar-refractivity contribution in [2.45, 2.75) is 203 Å². The molecule has 20 atom stereocenters. The third kappa shape index (κ3) is 18.4. The quantitative estimate of drug-likeness (QED) is 0.0647. The second-order valence-electron chi connectivity index (χ2n) is 26.5. The molecule has 0 aromatic carbocycles. The molecule has 488 valence electrons. The van der Waals surface area contributed by atoms with E-state index in [0.717, 1.165) is 25.7 Å². The van der Waals surface area contributed by atoms with Gasteiger partial charge in [0.05, 0.1) is 52.6 Å². The van der Waals surface area contributed by atoms with Gasteiger partial charge in [-0.25, -0.2) is 0 Å². The Hall–Kier alpha value is -2.92. The minimum Gasteiger partial charge on any atom is -0.394 e. The minimum absolute atomic E-state index is 0.0909. The number of amides is 4. The van der Waals surface area contributed by atoms with Gasteiger partial charge in [0.1, 0.15) is 73.2 Å². The molecule has 0 radical (unpaired) electrons. The molecule has 8 fully saturated rings. The number of rotatable bonds is 17. The van der Waals surface area contributed by atoms with Gasteiger partial charge in [0.25, 0.3) is 0 Å². The lowest BCUT2D eigenvalue weighted by Crippen LogP contribution is -2.64. The third-order valence-electron chi connectivity index (χ3n) is 16.8. The highest BCUT2D eigenvalue weighted by Gasteiger charge is 2.56. The molecular formula is C56H100N4O24. The first-order chi connectivity index (χ1) is 38.9. The summed E-state index contributed by atoms with van der Waals surface area (Å²) in [4.78, 5) is 53.8. The summed E-state index contributed by atoms with van der Waals surface area (Å²) in [5.74, 6) is -5.64. The van der Waals surface area contributed by atoms with E-state index in [1.54, 1.807) is 0 Å². The molecule has 16 unspecified atom stereocenters. The van der Waals surface area contributed by atoms with Crippen LogP contribution in [0.4, 0.5) is 0 Å². The Morgan fingerprint density at radius 1 is 0.393 bits per heavy atom. The lowest BCUT2D eigenvalue weighted by atomic mass is 9.96. The molecule has 0 aromatic heterocycles. The number of likely N-dealkylation sites (tertiary alicyclic amines) is 4. The highest BCUT2D eigenvalue weighted by Crippen LogP contribution is 2.36. The summed E-state index contributed by atoms with van der Waals surface area (Å²) in [7, 11) is 0. The van der Waals surface area contributed by atoms with Crippen LogP contribution in [-0.4, -0.2) is 300 Å². The SMILES string of the molecule is CC(C)C[C@@H]1CC(=O)N(CC2(O)OC(CO)C(O)C2O)C1.CC(C)C[C@@H]1CC(=O)N(CC2(O)OCC(O)C(O)C2O)C1.CC(C)C[C@@H]1CC(=O)N(CC2(O)OCC(O)C(O)C2O)C1.CC(C)C[C@@H]1CC(=O)N(CC2(O)OCC(O)C(O)C2O)C1. The van der Waals surface area contributed by atoms with E-state index >= 15 is 0 Å². The van der Waals surface area contributed by atoms with Gasteiger partial charge in [0.15, 0.2) is 0 Å². The van der Waals surface area contributed by atoms with Crippen molar-refractivity contribution in [2.75, 3.05) is 78.8 Å². The van der Waals surface area contributed by atoms with Crippen LogP contribution in [0.1, 0.15) is 107 Å². The van der Waals surface area contributed by atoms with Gasteiger partial charge < -0.3 is 120 Å². The van der Waals surface area contributed by atoms with Gasteiger partial charge in [-0.1, -0.05) is 55.4 Å². The summed E-state index contributed by atoms with van der Waals surface area (Å²) in [6.07, 6.45) is -11.8. The van der Waals surface area contributed by atoms with Gasteiger partial charge in [-0.2, -0.15) is 0 Å². The van der Waals surface area contributed by atoms with E-state index < -0.39 is 103 Å². The Kier molecular flexibility index (Phi) is 25.7. The van der Waals surface area contributed by atoms with E-state index in [1.807, 2.05) is 0 Å². The molecule has 8 aliphatic heterocycles. The first kappa shape index (κ1) is 71.8. The van der Waals surface area contributed by atoms with Crippen LogP contribution in [0.5, 0.6) is 0 Å². The monoisotopic (exact) mass is 1210 g/mol. The van der Waals surface area contributed by atoms with E-state index in [-0.39, 0.29) is 93.3 Å². The van der Waals surface area contributed by atoms with Crippen molar-refractivity contribution < 1.29 is 120 Å². The summed E-state index contributed by atoms with van der Waals surface area (Å²) in [6, 6.07) is 0. The van der Waals surface area contributed by atoms with Gasteiger partial charge in [0, 0.05) is 51.9 Å². The van der Waals surface area contributed by atoms with Gasteiger partial charge in [-0.05, 0) is 73.0 Å². The lowest BCUT2D eigenvalue weighted by molar-refractivity contribution is -0.323. The van der Waals surface area contributed by atoms with Crippen LogP contribution >= 0.6 is 0 Å². The fourth-order valence-electron chi connectivity index (χ4n) is 12.7. The molecule has 8 aliphatic rings. The molecule has 0 spiro atoms. The van der Waals surface area contributed by atoms with Crippen LogP contribution in [0.25, 0.3) is 0 Å². The Bertz CT molecular complexity index is 1900. The molecule has 0 aliphatic carbocycles. The topological polar surface area (TPSA) is 442 Å². The Morgan fingerprint density at radius 3 is 0.833 bits per heavy atom. The van der Waals surface area contributed by atoms with Crippen molar-refractivity contribution in [2.24, 2.45) is 47.3 Å². The number of carbonyl (C=O) groups excluding carboxylic acids is 4. The van der Waals surface area contributed by atoms with Gasteiger partial charge in [0.2, 0.25) is 46.8 Å².